The van der Waals surface area contributed by atoms with Crippen molar-refractivity contribution in [1.29, 1.82) is 0 Å². The number of quaternary nitrogens is 1. The Bertz CT molecular complexity index is 1440. The molecule has 0 bridgehead atoms. The van der Waals surface area contributed by atoms with Gasteiger partial charge in [0.25, 0.3) is 5.91 Å². The molecule has 2 aliphatic heterocycles. The van der Waals surface area contributed by atoms with Crippen LogP contribution >= 0.6 is 0 Å². The zero-order valence-electron chi connectivity index (χ0n) is 22.3. The summed E-state index contributed by atoms with van der Waals surface area (Å²) in [5, 5.41) is 18.1. The average Bonchev–Trinajstić information content (AvgIpc) is 3.34. The van der Waals surface area contributed by atoms with Gasteiger partial charge in [-0.25, -0.2) is 14.4 Å². The van der Waals surface area contributed by atoms with Crippen LogP contribution in [0.15, 0.2) is 59.7 Å². The highest BCUT2D eigenvalue weighted by molar-refractivity contribution is 5.96. The fraction of sp³-hybridized carbons (Fsp3) is 0.357. The summed E-state index contributed by atoms with van der Waals surface area (Å²) < 4.78 is 25.3. The maximum absolute atomic E-state index is 14.0. The SMILES string of the molecule is COc1cc2c(NC3=C[N+](CC(N)=O)(c4cccc(F)c4)N=C3)ncnc2cc1OCCCN1CCC(O)CC1. The minimum atomic E-state index is -0.585. The predicted molar refractivity (Wildman–Crippen MR) is 150 cm³/mol. The second-order valence-electron chi connectivity index (χ2n) is 9.90. The second-order valence-corrected chi connectivity index (χ2v) is 9.90. The molecule has 0 saturated carbocycles. The summed E-state index contributed by atoms with van der Waals surface area (Å²) in [6.07, 6.45) is 6.97. The molecule has 5 rings (SSSR count). The Balaban J connectivity index is 1.33. The molecule has 11 nitrogen and oxygen atoms in total. The van der Waals surface area contributed by atoms with Crippen LogP contribution in [-0.2, 0) is 4.79 Å². The molecule has 0 spiro atoms. The zero-order chi connectivity index (χ0) is 28.1. The number of carbonyl (C=O) groups excluding carboxylic acids is 1. The van der Waals surface area contributed by atoms with Crippen LogP contribution in [0.1, 0.15) is 19.3 Å². The number of methoxy groups -OCH3 is 1. The highest BCUT2D eigenvalue weighted by atomic mass is 19.1. The lowest BCUT2D eigenvalue weighted by molar-refractivity contribution is -0.118. The summed E-state index contributed by atoms with van der Waals surface area (Å²) in [5.41, 5.74) is 7.17. The molecule has 1 aromatic heterocycles. The summed E-state index contributed by atoms with van der Waals surface area (Å²) in [4.78, 5) is 23.0. The molecule has 1 unspecified atom stereocenters. The number of ether oxygens (including phenoxy) is 2. The van der Waals surface area contributed by atoms with E-state index in [2.05, 4.69) is 25.3 Å². The largest absolute Gasteiger partial charge is 0.493 e. The molecule has 0 radical (unpaired) electrons. The molecule has 12 heteroatoms. The number of halogens is 1. The van der Waals surface area contributed by atoms with Crippen molar-refractivity contribution < 1.29 is 23.8 Å². The number of carbonyl (C=O) groups is 1. The first-order chi connectivity index (χ1) is 19.3. The van der Waals surface area contributed by atoms with Crippen LogP contribution in [0.25, 0.3) is 10.9 Å². The lowest BCUT2D eigenvalue weighted by Gasteiger charge is -2.29. The molecular formula is C28H33FN7O4+. The number of fused-ring (bicyclic) bond motifs is 1. The fourth-order valence-corrected chi connectivity index (χ4v) is 4.99. The number of hydrogen-bond acceptors (Lipinski definition) is 9. The van der Waals surface area contributed by atoms with Gasteiger partial charge in [-0.15, -0.1) is 4.59 Å². The van der Waals surface area contributed by atoms with Gasteiger partial charge in [0.1, 0.15) is 29.9 Å². The lowest BCUT2D eigenvalue weighted by Crippen LogP contribution is -2.44. The Morgan fingerprint density at radius 3 is 2.80 bits per heavy atom. The van der Waals surface area contributed by atoms with Crippen molar-refractivity contribution in [1.82, 2.24) is 19.5 Å². The average molecular weight is 551 g/mol. The van der Waals surface area contributed by atoms with Gasteiger partial charge in [0, 0.05) is 43.2 Å². The maximum Gasteiger partial charge on any atom is 0.276 e. The number of aliphatic hydroxyl groups excluding tert-OH is 1. The Hall–Kier alpha value is -4.13. The number of benzene rings is 2. The minimum Gasteiger partial charge on any atom is -0.493 e. The van der Waals surface area contributed by atoms with Crippen LogP contribution in [0.5, 0.6) is 11.5 Å². The maximum atomic E-state index is 14.0. The molecule has 4 N–H and O–H groups in total. The molecule has 1 fully saturated rings. The Morgan fingerprint density at radius 1 is 1.23 bits per heavy atom. The molecule has 3 aromatic rings. The number of aromatic nitrogens is 2. The van der Waals surface area contributed by atoms with Crippen molar-refractivity contribution in [3.8, 4) is 11.5 Å². The molecule has 3 heterocycles. The van der Waals surface area contributed by atoms with E-state index in [1.54, 1.807) is 31.7 Å². The summed E-state index contributed by atoms with van der Waals surface area (Å²) in [6, 6.07) is 9.52. The van der Waals surface area contributed by atoms with Gasteiger partial charge >= 0.3 is 0 Å². The third kappa shape index (κ3) is 6.19. The molecule has 210 valence electrons. The first-order valence-electron chi connectivity index (χ1n) is 13.2. The number of nitrogens with one attached hydrogen (secondary N) is 1. The van der Waals surface area contributed by atoms with Crippen molar-refractivity contribution in [2.75, 3.05) is 45.2 Å². The van der Waals surface area contributed by atoms with Crippen LogP contribution in [0.2, 0.25) is 0 Å². The monoisotopic (exact) mass is 550 g/mol. The number of allylic oxidation sites excluding steroid dienone is 1. The molecule has 1 amide bonds. The van der Waals surface area contributed by atoms with Crippen LogP contribution in [0, 0.1) is 5.82 Å². The molecule has 40 heavy (non-hydrogen) atoms. The quantitative estimate of drug-likeness (QED) is 0.245. The van der Waals surface area contributed by atoms with E-state index < -0.39 is 11.7 Å². The highest BCUT2D eigenvalue weighted by Gasteiger charge is 2.36. The van der Waals surface area contributed by atoms with Crippen LogP contribution in [-0.4, -0.2) is 78.1 Å². The highest BCUT2D eigenvalue weighted by Crippen LogP contribution is 2.35. The normalized spacial score (nSPS) is 19.5. The molecular weight excluding hydrogens is 517 g/mol. The summed E-state index contributed by atoms with van der Waals surface area (Å²) in [6.45, 7) is 3.04. The van der Waals surface area contributed by atoms with Gasteiger partial charge in [-0.05, 0) is 31.4 Å². The van der Waals surface area contributed by atoms with Gasteiger partial charge < -0.3 is 30.5 Å². The summed E-state index contributed by atoms with van der Waals surface area (Å²) in [7, 11) is 1.57. The Morgan fingerprint density at radius 2 is 2.05 bits per heavy atom. The topological polar surface area (TPSA) is 135 Å². The third-order valence-corrected chi connectivity index (χ3v) is 7.02. The van der Waals surface area contributed by atoms with E-state index >= 15 is 0 Å². The number of aliphatic hydroxyl groups is 1. The van der Waals surface area contributed by atoms with Crippen molar-refractivity contribution in [3.05, 3.63) is 60.4 Å². The molecule has 1 atom stereocenters. The van der Waals surface area contributed by atoms with Crippen molar-refractivity contribution in [2.45, 2.75) is 25.4 Å². The van der Waals surface area contributed by atoms with Crippen molar-refractivity contribution >= 4 is 34.5 Å². The molecule has 2 aromatic carbocycles. The van der Waals surface area contributed by atoms with Crippen LogP contribution in [0.4, 0.5) is 15.9 Å². The first-order valence-corrected chi connectivity index (χ1v) is 13.2. The fourth-order valence-electron chi connectivity index (χ4n) is 4.99. The zero-order valence-corrected chi connectivity index (χ0v) is 22.3. The number of primary amides is 1. The van der Waals surface area contributed by atoms with E-state index in [0.29, 0.717) is 46.2 Å². The number of rotatable bonds is 11. The van der Waals surface area contributed by atoms with Crippen molar-refractivity contribution in [3.63, 3.8) is 0 Å². The van der Waals surface area contributed by atoms with Gasteiger partial charge in [0.15, 0.2) is 29.9 Å². The van der Waals surface area contributed by atoms with Crippen molar-refractivity contribution in [2.24, 2.45) is 10.8 Å². The van der Waals surface area contributed by atoms with Crippen LogP contribution in [0.3, 0.4) is 0 Å². The van der Waals surface area contributed by atoms with Gasteiger partial charge in [-0.1, -0.05) is 11.2 Å². The van der Waals surface area contributed by atoms with Gasteiger partial charge in [0.05, 0.1) is 25.3 Å². The number of piperidine rings is 1. The van der Waals surface area contributed by atoms with Gasteiger partial charge in [-0.2, -0.15) is 0 Å². The molecule has 2 aliphatic rings. The van der Waals surface area contributed by atoms with Gasteiger partial charge in [0.2, 0.25) is 0 Å². The van der Waals surface area contributed by atoms with E-state index in [4.69, 9.17) is 15.2 Å². The van der Waals surface area contributed by atoms with E-state index in [9.17, 15) is 14.3 Å². The van der Waals surface area contributed by atoms with E-state index in [-0.39, 0.29) is 17.2 Å². The van der Waals surface area contributed by atoms with E-state index in [1.807, 2.05) is 12.1 Å². The number of likely N-dealkylation sites (tertiary alicyclic amines) is 1. The van der Waals surface area contributed by atoms with E-state index in [0.717, 1.165) is 38.9 Å². The predicted octanol–water partition coefficient (Wildman–Crippen LogP) is 2.75. The standard InChI is InChI=1S/C28H32FN7O4/c1-39-25-13-23-24(14-26(25)40-11-3-8-35-9-6-22(37)7-10-35)31-18-32-28(23)34-20-15-33-36(16-20,17-27(30)38)21-5-2-4-19(29)12-21/h2,4-5,12-16,18,22,37H,3,6-11,17H2,1H3,(H2-,30,31,32,34,38)/p+1. The van der Waals surface area contributed by atoms with Gasteiger partial charge in [-0.3, -0.25) is 4.79 Å². The van der Waals surface area contributed by atoms with E-state index in [1.165, 1.54) is 18.5 Å². The minimum absolute atomic E-state index is 0.177. The summed E-state index contributed by atoms with van der Waals surface area (Å²) in [5.74, 6) is 0.594. The summed E-state index contributed by atoms with van der Waals surface area (Å²) >= 11 is 0. The number of nitrogens with two attached hydrogens (primary N) is 1. The number of nitrogens with zero attached hydrogens (tertiary/aromatic N) is 5. The molecule has 1 saturated heterocycles. The second kappa shape index (κ2) is 11.9. The Kier molecular flexibility index (Phi) is 8.19. The smallest absolute Gasteiger partial charge is 0.276 e. The third-order valence-electron chi connectivity index (χ3n) is 7.02. The number of hydrogen-bond donors (Lipinski definition) is 3. The Labute approximate surface area is 231 Å². The number of amides is 1. The lowest BCUT2D eigenvalue weighted by atomic mass is 10.1. The van der Waals surface area contributed by atoms with Crippen LogP contribution < -0.4 is 25.1 Å². The first kappa shape index (κ1) is 27.4. The molecule has 0 aliphatic carbocycles. The number of anilines is 1.